The van der Waals surface area contributed by atoms with Gasteiger partial charge in [0, 0.05) is 18.0 Å². The van der Waals surface area contributed by atoms with Crippen molar-refractivity contribution in [2.24, 2.45) is 0 Å². The highest BCUT2D eigenvalue weighted by atomic mass is 35.5. The predicted octanol–water partition coefficient (Wildman–Crippen LogP) is 4.67. The van der Waals surface area contributed by atoms with Crippen LogP contribution in [-0.2, 0) is 17.7 Å². The van der Waals surface area contributed by atoms with Gasteiger partial charge in [-0.25, -0.2) is 9.78 Å². The fourth-order valence-corrected chi connectivity index (χ4v) is 3.97. The zero-order valence-electron chi connectivity index (χ0n) is 16.2. The van der Waals surface area contributed by atoms with Crippen LogP contribution in [-0.4, -0.2) is 28.7 Å². The minimum absolute atomic E-state index is 0.0509. The fraction of sp³-hybridized carbons (Fsp3) is 0.318. The molecule has 0 saturated carbocycles. The molecule has 0 unspecified atom stereocenters. The highest BCUT2D eigenvalue weighted by molar-refractivity contribution is 6.35. The molecule has 0 spiro atoms. The number of rotatable bonds is 5. The lowest BCUT2D eigenvalue weighted by Gasteiger charge is -2.11. The number of hydrogen-bond acceptors (Lipinski definition) is 5. The molecule has 0 bridgehead atoms. The van der Waals surface area contributed by atoms with Gasteiger partial charge in [0.05, 0.1) is 21.5 Å². The van der Waals surface area contributed by atoms with Crippen molar-refractivity contribution in [1.29, 1.82) is 0 Å². The molecule has 1 aliphatic rings. The molecule has 0 aliphatic carbocycles. The van der Waals surface area contributed by atoms with Gasteiger partial charge < -0.3 is 9.47 Å². The van der Waals surface area contributed by atoms with Crippen molar-refractivity contribution >= 4 is 40.1 Å². The molecular formula is C22H20Cl2N2O4. The van der Waals surface area contributed by atoms with E-state index in [2.05, 4.69) is 4.98 Å². The van der Waals surface area contributed by atoms with Crippen molar-refractivity contribution in [3.05, 3.63) is 68.2 Å². The minimum Gasteiger partial charge on any atom is -0.488 e. The summed E-state index contributed by atoms with van der Waals surface area (Å²) in [6.45, 7) is 0.891. The molecule has 30 heavy (non-hydrogen) atoms. The van der Waals surface area contributed by atoms with Gasteiger partial charge >= 0.3 is 5.97 Å². The van der Waals surface area contributed by atoms with Gasteiger partial charge in [-0.05, 0) is 49.2 Å². The lowest BCUT2D eigenvalue weighted by atomic mass is 10.1. The molecule has 6 nitrogen and oxygen atoms in total. The zero-order chi connectivity index (χ0) is 21.1. The molecule has 0 radical (unpaired) electrons. The van der Waals surface area contributed by atoms with Gasteiger partial charge in [-0.15, -0.1) is 0 Å². The smallest absolute Gasteiger partial charge is 0.338 e. The first-order chi connectivity index (χ1) is 14.5. The van der Waals surface area contributed by atoms with Crippen LogP contribution in [0.25, 0.3) is 10.9 Å². The number of benzene rings is 2. The maximum absolute atomic E-state index is 12.8. The Bertz CT molecular complexity index is 1160. The summed E-state index contributed by atoms with van der Waals surface area (Å²) in [5, 5.41) is 1.41. The van der Waals surface area contributed by atoms with Crippen LogP contribution in [0.1, 0.15) is 35.4 Å². The summed E-state index contributed by atoms with van der Waals surface area (Å²) in [5.41, 5.74) is 0.814. The van der Waals surface area contributed by atoms with Gasteiger partial charge in [-0.3, -0.25) is 9.36 Å². The van der Waals surface area contributed by atoms with Gasteiger partial charge in [0.1, 0.15) is 24.8 Å². The van der Waals surface area contributed by atoms with E-state index < -0.39 is 5.97 Å². The summed E-state index contributed by atoms with van der Waals surface area (Å²) >= 11 is 11.9. The Balaban J connectivity index is 1.43. The molecule has 3 aromatic rings. The van der Waals surface area contributed by atoms with Crippen LogP contribution >= 0.6 is 23.2 Å². The lowest BCUT2D eigenvalue weighted by molar-refractivity contribution is 0.0450. The van der Waals surface area contributed by atoms with Crippen molar-refractivity contribution < 1.29 is 14.3 Å². The number of nitrogens with zero attached hydrogens (tertiary/aromatic N) is 2. The van der Waals surface area contributed by atoms with Crippen LogP contribution in [0.2, 0.25) is 10.0 Å². The Kier molecular flexibility index (Phi) is 6.25. The van der Waals surface area contributed by atoms with E-state index in [0.29, 0.717) is 38.8 Å². The highest BCUT2D eigenvalue weighted by Crippen LogP contribution is 2.27. The molecule has 8 heteroatoms. The molecular weight excluding hydrogens is 427 g/mol. The van der Waals surface area contributed by atoms with E-state index in [0.717, 1.165) is 31.5 Å². The maximum atomic E-state index is 12.8. The van der Waals surface area contributed by atoms with Gasteiger partial charge in [0.15, 0.2) is 0 Å². The average Bonchev–Trinajstić information content (AvgIpc) is 2.98. The molecule has 0 N–H and O–H groups in total. The minimum atomic E-state index is -0.500. The Morgan fingerprint density at radius 3 is 2.77 bits per heavy atom. The summed E-state index contributed by atoms with van der Waals surface area (Å²) in [7, 11) is 0. The van der Waals surface area contributed by atoms with Crippen LogP contribution in [0, 0.1) is 0 Å². The molecule has 0 atom stereocenters. The molecule has 2 aromatic carbocycles. The second-order valence-electron chi connectivity index (χ2n) is 7.09. The van der Waals surface area contributed by atoms with Crippen molar-refractivity contribution in [1.82, 2.24) is 9.55 Å². The van der Waals surface area contributed by atoms with Crippen LogP contribution in [0.5, 0.6) is 5.75 Å². The Morgan fingerprint density at radius 2 is 1.93 bits per heavy atom. The summed E-state index contributed by atoms with van der Waals surface area (Å²) in [4.78, 5) is 29.8. The van der Waals surface area contributed by atoms with E-state index in [1.165, 1.54) is 0 Å². The van der Waals surface area contributed by atoms with Crippen LogP contribution in [0.3, 0.4) is 0 Å². The standard InChI is InChI=1S/C22H20Cl2N2O4/c23-15-6-8-19(17(24)13-15)29-10-11-30-22(28)14-5-7-16-18(12-14)25-20-4-2-1-3-9-26(20)21(16)27/h5-8,12-13H,1-4,9-11H2. The topological polar surface area (TPSA) is 70.4 Å². The van der Waals surface area contributed by atoms with Crippen molar-refractivity contribution in [3.8, 4) is 5.75 Å². The third-order valence-corrected chi connectivity index (χ3v) is 5.55. The maximum Gasteiger partial charge on any atom is 0.338 e. The van der Waals surface area contributed by atoms with Gasteiger partial charge in [-0.1, -0.05) is 29.6 Å². The molecule has 4 rings (SSSR count). The van der Waals surface area contributed by atoms with Crippen LogP contribution in [0.15, 0.2) is 41.2 Å². The number of halogens is 2. The van der Waals surface area contributed by atoms with E-state index in [1.807, 2.05) is 0 Å². The first-order valence-electron chi connectivity index (χ1n) is 9.81. The number of aromatic nitrogens is 2. The third kappa shape index (κ3) is 4.45. The average molecular weight is 447 g/mol. The van der Waals surface area contributed by atoms with Crippen molar-refractivity contribution in [3.63, 3.8) is 0 Å². The number of carbonyl (C=O) groups excluding carboxylic acids is 1. The van der Waals surface area contributed by atoms with Gasteiger partial charge in [-0.2, -0.15) is 0 Å². The van der Waals surface area contributed by atoms with E-state index in [4.69, 9.17) is 32.7 Å². The number of carbonyl (C=O) groups is 1. The second kappa shape index (κ2) is 9.06. The van der Waals surface area contributed by atoms with Crippen molar-refractivity contribution in [2.45, 2.75) is 32.2 Å². The summed E-state index contributed by atoms with van der Waals surface area (Å²) < 4.78 is 12.6. The lowest BCUT2D eigenvalue weighted by Crippen LogP contribution is -2.24. The largest absolute Gasteiger partial charge is 0.488 e. The normalized spacial score (nSPS) is 13.5. The highest BCUT2D eigenvalue weighted by Gasteiger charge is 2.16. The predicted molar refractivity (Wildman–Crippen MR) is 116 cm³/mol. The third-order valence-electron chi connectivity index (χ3n) is 5.02. The number of ether oxygens (including phenoxy) is 2. The number of aryl methyl sites for hydroxylation is 1. The Labute approximate surface area is 183 Å². The quantitative estimate of drug-likeness (QED) is 0.420. The van der Waals surface area contributed by atoms with E-state index in [-0.39, 0.29) is 18.8 Å². The first-order valence-corrected chi connectivity index (χ1v) is 10.6. The number of hydrogen-bond donors (Lipinski definition) is 0. The van der Waals surface area contributed by atoms with Crippen LogP contribution < -0.4 is 10.3 Å². The van der Waals surface area contributed by atoms with Crippen LogP contribution in [0.4, 0.5) is 0 Å². The molecule has 0 saturated heterocycles. The second-order valence-corrected chi connectivity index (χ2v) is 7.93. The molecule has 2 heterocycles. The van der Waals surface area contributed by atoms with E-state index in [1.54, 1.807) is 41.0 Å². The van der Waals surface area contributed by atoms with E-state index >= 15 is 0 Å². The summed E-state index contributed by atoms with van der Waals surface area (Å²) in [5.74, 6) is 0.747. The molecule has 1 aromatic heterocycles. The number of fused-ring (bicyclic) bond motifs is 2. The summed E-state index contributed by atoms with van der Waals surface area (Å²) in [6, 6.07) is 9.75. The number of esters is 1. The van der Waals surface area contributed by atoms with E-state index in [9.17, 15) is 9.59 Å². The fourth-order valence-electron chi connectivity index (χ4n) is 3.51. The van der Waals surface area contributed by atoms with Crippen molar-refractivity contribution in [2.75, 3.05) is 13.2 Å². The molecule has 1 aliphatic heterocycles. The first kappa shape index (κ1) is 20.7. The van der Waals surface area contributed by atoms with Gasteiger partial charge in [0.2, 0.25) is 0 Å². The van der Waals surface area contributed by atoms with Gasteiger partial charge in [0.25, 0.3) is 5.56 Å². The summed E-state index contributed by atoms with van der Waals surface area (Å²) in [6.07, 6.45) is 3.84. The monoisotopic (exact) mass is 446 g/mol. The molecule has 156 valence electrons. The Hall–Kier alpha value is -2.57. The SMILES string of the molecule is O=C(OCCOc1ccc(Cl)cc1Cl)c1ccc2c(=O)n3c(nc2c1)CCCCC3. The molecule has 0 fully saturated rings. The molecule has 0 amide bonds. The zero-order valence-corrected chi connectivity index (χ0v) is 17.7. The Morgan fingerprint density at radius 1 is 1.07 bits per heavy atom.